The summed E-state index contributed by atoms with van der Waals surface area (Å²) in [6, 6.07) is 13.7. The number of benzene rings is 2. The van der Waals surface area contributed by atoms with Crippen LogP contribution >= 0.6 is 0 Å². The van der Waals surface area contributed by atoms with Crippen LogP contribution in [0.3, 0.4) is 0 Å². The SMILES string of the molecule is Cc1ccc(C=NNC(=O)COc2cc(C)cc(C)c2)cc1. The summed E-state index contributed by atoms with van der Waals surface area (Å²) >= 11 is 0. The molecule has 2 rings (SSSR count). The Morgan fingerprint density at radius 1 is 1.05 bits per heavy atom. The molecular weight excluding hydrogens is 276 g/mol. The fourth-order valence-electron chi connectivity index (χ4n) is 2.03. The number of amides is 1. The standard InChI is InChI=1S/C18H20N2O2/c1-13-4-6-16(7-5-13)11-19-20-18(21)12-22-17-9-14(2)8-15(3)10-17/h4-11H,12H2,1-3H3,(H,20,21). The van der Waals surface area contributed by atoms with E-state index in [4.69, 9.17) is 4.74 Å². The predicted octanol–water partition coefficient (Wildman–Crippen LogP) is 3.14. The van der Waals surface area contributed by atoms with E-state index in [2.05, 4.69) is 16.6 Å². The Bertz CT molecular complexity index is 656. The van der Waals surface area contributed by atoms with E-state index in [1.807, 2.05) is 57.2 Å². The highest BCUT2D eigenvalue weighted by molar-refractivity contribution is 5.82. The van der Waals surface area contributed by atoms with Gasteiger partial charge in [-0.25, -0.2) is 5.43 Å². The van der Waals surface area contributed by atoms with Gasteiger partial charge in [0.25, 0.3) is 5.91 Å². The molecule has 0 aliphatic heterocycles. The highest BCUT2D eigenvalue weighted by atomic mass is 16.5. The number of nitrogens with one attached hydrogen (secondary N) is 1. The van der Waals surface area contributed by atoms with Gasteiger partial charge in [0.05, 0.1) is 6.21 Å². The van der Waals surface area contributed by atoms with Crippen molar-refractivity contribution in [3.8, 4) is 5.75 Å². The number of carbonyl (C=O) groups is 1. The topological polar surface area (TPSA) is 50.7 Å². The average Bonchev–Trinajstić information content (AvgIpc) is 2.46. The average molecular weight is 296 g/mol. The molecule has 2 aromatic carbocycles. The van der Waals surface area contributed by atoms with E-state index >= 15 is 0 Å². The van der Waals surface area contributed by atoms with Crippen molar-refractivity contribution in [1.29, 1.82) is 0 Å². The summed E-state index contributed by atoms with van der Waals surface area (Å²) in [7, 11) is 0. The van der Waals surface area contributed by atoms with Crippen molar-refractivity contribution in [2.45, 2.75) is 20.8 Å². The summed E-state index contributed by atoms with van der Waals surface area (Å²) in [6.07, 6.45) is 1.61. The molecule has 2 aromatic rings. The highest BCUT2D eigenvalue weighted by Crippen LogP contribution is 2.15. The van der Waals surface area contributed by atoms with Crippen LogP contribution in [-0.4, -0.2) is 18.7 Å². The van der Waals surface area contributed by atoms with Crippen molar-refractivity contribution in [3.63, 3.8) is 0 Å². The number of rotatable bonds is 5. The maximum atomic E-state index is 11.7. The van der Waals surface area contributed by atoms with Gasteiger partial charge in [0.2, 0.25) is 0 Å². The smallest absolute Gasteiger partial charge is 0.277 e. The van der Waals surface area contributed by atoms with E-state index in [1.54, 1.807) is 6.21 Å². The Morgan fingerprint density at radius 3 is 2.32 bits per heavy atom. The van der Waals surface area contributed by atoms with Crippen molar-refractivity contribution in [2.75, 3.05) is 6.61 Å². The van der Waals surface area contributed by atoms with Gasteiger partial charge in [0.15, 0.2) is 6.61 Å². The minimum Gasteiger partial charge on any atom is -0.484 e. The Balaban J connectivity index is 1.81. The van der Waals surface area contributed by atoms with E-state index in [0.717, 1.165) is 16.7 Å². The molecule has 0 aromatic heterocycles. The monoisotopic (exact) mass is 296 g/mol. The van der Waals surface area contributed by atoms with Gasteiger partial charge in [-0.1, -0.05) is 35.9 Å². The molecule has 0 atom stereocenters. The predicted molar refractivity (Wildman–Crippen MR) is 88.3 cm³/mol. The molecule has 114 valence electrons. The molecule has 1 amide bonds. The Morgan fingerprint density at radius 2 is 1.68 bits per heavy atom. The highest BCUT2D eigenvalue weighted by Gasteiger charge is 2.02. The first-order valence-corrected chi connectivity index (χ1v) is 7.12. The second-order valence-electron chi connectivity index (χ2n) is 5.32. The van der Waals surface area contributed by atoms with Gasteiger partial charge in [0.1, 0.15) is 5.75 Å². The van der Waals surface area contributed by atoms with E-state index in [9.17, 15) is 4.79 Å². The second-order valence-corrected chi connectivity index (χ2v) is 5.32. The van der Waals surface area contributed by atoms with Crippen molar-refractivity contribution < 1.29 is 9.53 Å². The van der Waals surface area contributed by atoms with Crippen LogP contribution in [0.2, 0.25) is 0 Å². The summed E-state index contributed by atoms with van der Waals surface area (Å²) in [5.74, 6) is 0.401. The second kappa shape index (κ2) is 7.41. The van der Waals surface area contributed by atoms with E-state index in [1.165, 1.54) is 5.56 Å². The van der Waals surface area contributed by atoms with Gasteiger partial charge in [0, 0.05) is 0 Å². The van der Waals surface area contributed by atoms with Crippen LogP contribution in [0, 0.1) is 20.8 Å². The summed E-state index contributed by atoms with van der Waals surface area (Å²) in [6.45, 7) is 5.94. The molecule has 0 heterocycles. The van der Waals surface area contributed by atoms with Crippen molar-refractivity contribution in [2.24, 2.45) is 5.10 Å². The lowest BCUT2D eigenvalue weighted by molar-refractivity contribution is -0.123. The first-order valence-electron chi connectivity index (χ1n) is 7.12. The lowest BCUT2D eigenvalue weighted by Crippen LogP contribution is -2.24. The van der Waals surface area contributed by atoms with Crippen LogP contribution in [0.25, 0.3) is 0 Å². The number of ether oxygens (including phenoxy) is 1. The molecule has 0 radical (unpaired) electrons. The van der Waals surface area contributed by atoms with Gasteiger partial charge in [-0.05, 0) is 49.6 Å². The van der Waals surface area contributed by atoms with Crippen LogP contribution in [0.1, 0.15) is 22.3 Å². The third kappa shape index (κ3) is 5.05. The van der Waals surface area contributed by atoms with E-state index in [-0.39, 0.29) is 12.5 Å². The van der Waals surface area contributed by atoms with Crippen molar-refractivity contribution >= 4 is 12.1 Å². The minimum absolute atomic E-state index is 0.0614. The van der Waals surface area contributed by atoms with Crippen LogP contribution in [0.5, 0.6) is 5.75 Å². The number of hydrazone groups is 1. The molecule has 0 spiro atoms. The quantitative estimate of drug-likeness (QED) is 0.680. The third-order valence-electron chi connectivity index (χ3n) is 3.05. The van der Waals surface area contributed by atoms with Gasteiger partial charge in [-0.3, -0.25) is 4.79 Å². The zero-order valence-electron chi connectivity index (χ0n) is 13.1. The molecule has 4 heteroatoms. The molecule has 0 saturated carbocycles. The zero-order chi connectivity index (χ0) is 15.9. The maximum Gasteiger partial charge on any atom is 0.277 e. The van der Waals surface area contributed by atoms with Gasteiger partial charge >= 0.3 is 0 Å². The molecular formula is C18H20N2O2. The van der Waals surface area contributed by atoms with Gasteiger partial charge in [-0.2, -0.15) is 5.10 Å². The number of aryl methyl sites for hydroxylation is 3. The first kappa shape index (κ1) is 15.8. The van der Waals surface area contributed by atoms with Crippen LogP contribution in [0.15, 0.2) is 47.6 Å². The van der Waals surface area contributed by atoms with Crippen LogP contribution < -0.4 is 10.2 Å². The first-order chi connectivity index (χ1) is 10.5. The molecule has 4 nitrogen and oxygen atoms in total. The number of hydrogen-bond donors (Lipinski definition) is 1. The normalized spacial score (nSPS) is 10.7. The summed E-state index contributed by atoms with van der Waals surface area (Å²) < 4.78 is 5.46. The van der Waals surface area contributed by atoms with Crippen molar-refractivity contribution in [3.05, 3.63) is 64.7 Å². The van der Waals surface area contributed by atoms with E-state index in [0.29, 0.717) is 5.75 Å². The zero-order valence-corrected chi connectivity index (χ0v) is 13.1. The van der Waals surface area contributed by atoms with Gasteiger partial charge < -0.3 is 4.74 Å². The van der Waals surface area contributed by atoms with Gasteiger partial charge in [-0.15, -0.1) is 0 Å². The molecule has 0 fully saturated rings. The number of nitrogens with zero attached hydrogens (tertiary/aromatic N) is 1. The fourth-order valence-corrected chi connectivity index (χ4v) is 2.03. The minimum atomic E-state index is -0.289. The molecule has 0 aliphatic carbocycles. The number of carbonyl (C=O) groups excluding carboxylic acids is 1. The summed E-state index contributed by atoms with van der Waals surface area (Å²) in [5.41, 5.74) is 6.77. The summed E-state index contributed by atoms with van der Waals surface area (Å²) in [5, 5.41) is 3.91. The third-order valence-corrected chi connectivity index (χ3v) is 3.05. The van der Waals surface area contributed by atoms with Crippen LogP contribution in [0.4, 0.5) is 0 Å². The lowest BCUT2D eigenvalue weighted by Gasteiger charge is -2.07. The molecule has 1 N–H and O–H groups in total. The maximum absolute atomic E-state index is 11.7. The largest absolute Gasteiger partial charge is 0.484 e. The Labute approximate surface area is 130 Å². The summed E-state index contributed by atoms with van der Waals surface area (Å²) in [4.78, 5) is 11.7. The molecule has 22 heavy (non-hydrogen) atoms. The van der Waals surface area contributed by atoms with E-state index < -0.39 is 0 Å². The Hall–Kier alpha value is -2.62. The number of hydrogen-bond acceptors (Lipinski definition) is 3. The Kier molecular flexibility index (Phi) is 5.31. The molecule has 0 saturated heterocycles. The molecule has 0 bridgehead atoms. The molecule has 0 unspecified atom stereocenters. The fraction of sp³-hybridized carbons (Fsp3) is 0.222. The van der Waals surface area contributed by atoms with Crippen LogP contribution in [-0.2, 0) is 4.79 Å². The lowest BCUT2D eigenvalue weighted by atomic mass is 10.1. The van der Waals surface area contributed by atoms with Crippen molar-refractivity contribution in [1.82, 2.24) is 5.43 Å². The molecule has 0 aliphatic rings.